The molecule has 1 aromatic heterocycles. The van der Waals surface area contributed by atoms with Crippen molar-refractivity contribution in [1.29, 1.82) is 0 Å². The zero-order valence-corrected chi connectivity index (χ0v) is 12.6. The molecule has 0 fully saturated rings. The highest BCUT2D eigenvalue weighted by Crippen LogP contribution is 2.40. The van der Waals surface area contributed by atoms with E-state index in [9.17, 15) is 0 Å². The van der Waals surface area contributed by atoms with Gasteiger partial charge in [-0.2, -0.15) is 0 Å². The minimum atomic E-state index is 0.519. The monoisotopic (exact) mass is 301 g/mol. The van der Waals surface area contributed by atoms with Crippen LogP contribution in [0.5, 0.6) is 11.5 Å². The Labute approximate surface area is 119 Å². The fourth-order valence-electron chi connectivity index (χ4n) is 1.73. The molecule has 1 aromatic carbocycles. The van der Waals surface area contributed by atoms with Gasteiger partial charge in [-0.3, -0.25) is 0 Å². The lowest BCUT2D eigenvalue weighted by Crippen LogP contribution is -1.92. The van der Waals surface area contributed by atoms with Crippen molar-refractivity contribution in [2.75, 3.05) is 14.2 Å². The Kier molecular flexibility index (Phi) is 3.94. The largest absolute Gasteiger partial charge is 0.493 e. The number of hydrogen-bond acceptors (Lipinski definition) is 4. The van der Waals surface area contributed by atoms with E-state index in [1.807, 2.05) is 19.1 Å². The number of aromatic nitrogens is 1. The Morgan fingerprint density at radius 2 is 2.00 bits per heavy atom. The number of aryl methyl sites for hydroxylation is 1. The fourth-order valence-corrected chi connectivity index (χ4v) is 3.25. The summed E-state index contributed by atoms with van der Waals surface area (Å²) in [5.74, 6) is 1.15. The molecule has 1 N–H and O–H groups in total. The molecule has 0 unspecified atom stereocenters. The van der Waals surface area contributed by atoms with Gasteiger partial charge in [0.1, 0.15) is 0 Å². The van der Waals surface area contributed by atoms with Crippen LogP contribution >= 0.6 is 35.2 Å². The van der Waals surface area contributed by atoms with Crippen molar-refractivity contribution in [3.63, 3.8) is 0 Å². The highest BCUT2D eigenvalue weighted by Gasteiger charge is 2.14. The second-order valence-corrected chi connectivity index (χ2v) is 5.76. The molecule has 18 heavy (non-hydrogen) atoms. The van der Waals surface area contributed by atoms with Crippen molar-refractivity contribution < 1.29 is 9.47 Å². The third kappa shape index (κ3) is 2.39. The van der Waals surface area contributed by atoms with Crippen LogP contribution in [0.3, 0.4) is 0 Å². The van der Waals surface area contributed by atoms with Crippen molar-refractivity contribution in [1.82, 2.24) is 4.98 Å². The van der Waals surface area contributed by atoms with E-state index in [4.69, 9.17) is 33.3 Å². The van der Waals surface area contributed by atoms with Crippen molar-refractivity contribution >= 4 is 35.2 Å². The average molecular weight is 302 g/mol. The summed E-state index contributed by atoms with van der Waals surface area (Å²) in [5, 5.41) is 0.519. The minimum absolute atomic E-state index is 0.519. The number of thiazole rings is 1. The molecule has 0 atom stereocenters. The Hall–Kier alpha value is -1.04. The molecule has 2 aromatic rings. The summed E-state index contributed by atoms with van der Waals surface area (Å²) >= 11 is 12.8. The first kappa shape index (κ1) is 13.4. The fraction of sp³-hybridized carbons (Fsp3) is 0.250. The first-order valence-electron chi connectivity index (χ1n) is 5.18. The van der Waals surface area contributed by atoms with E-state index in [0.717, 1.165) is 20.1 Å². The number of H-pyrrole nitrogens is 1. The van der Waals surface area contributed by atoms with Crippen LogP contribution in [-0.2, 0) is 0 Å². The number of hydrogen-bond donors (Lipinski definition) is 1. The van der Waals surface area contributed by atoms with Gasteiger partial charge >= 0.3 is 0 Å². The Morgan fingerprint density at radius 1 is 1.28 bits per heavy atom. The summed E-state index contributed by atoms with van der Waals surface area (Å²) in [6, 6.07) is 3.75. The molecule has 0 aliphatic rings. The standard InChI is InChI=1S/C12H12ClNO2S2/c1-6-11(18-12(17)14-6)7-4-8(13)10(16-3)9(5-7)15-2/h4-5H,1-3H3,(H,14,17). The summed E-state index contributed by atoms with van der Waals surface area (Å²) in [7, 11) is 3.15. The normalized spacial score (nSPS) is 10.4. The molecule has 1 heterocycles. The van der Waals surface area contributed by atoms with E-state index in [1.54, 1.807) is 14.2 Å². The second-order valence-electron chi connectivity index (χ2n) is 3.66. The third-order valence-corrected chi connectivity index (χ3v) is 4.19. The second kappa shape index (κ2) is 5.30. The highest BCUT2D eigenvalue weighted by atomic mass is 35.5. The van der Waals surface area contributed by atoms with Crippen LogP contribution in [0, 0.1) is 10.9 Å². The summed E-state index contributed by atoms with van der Waals surface area (Å²) in [6.07, 6.45) is 0. The van der Waals surface area contributed by atoms with Crippen LogP contribution in [0.1, 0.15) is 5.69 Å². The molecule has 3 nitrogen and oxygen atoms in total. The van der Waals surface area contributed by atoms with E-state index in [1.165, 1.54) is 11.3 Å². The van der Waals surface area contributed by atoms with Crippen molar-refractivity contribution in [2.24, 2.45) is 0 Å². The predicted molar refractivity (Wildman–Crippen MR) is 77.8 cm³/mol. The lowest BCUT2D eigenvalue weighted by Gasteiger charge is -2.11. The maximum atomic E-state index is 6.19. The zero-order chi connectivity index (χ0) is 13.3. The van der Waals surface area contributed by atoms with Gasteiger partial charge in [-0.1, -0.05) is 11.6 Å². The number of halogens is 1. The molecule has 0 aliphatic heterocycles. The third-order valence-electron chi connectivity index (χ3n) is 2.52. The minimum Gasteiger partial charge on any atom is -0.493 e. The lowest BCUT2D eigenvalue weighted by molar-refractivity contribution is 0.355. The molecule has 96 valence electrons. The highest BCUT2D eigenvalue weighted by molar-refractivity contribution is 7.73. The molecular formula is C12H12ClNO2S2. The number of ether oxygens (including phenoxy) is 2. The van der Waals surface area contributed by atoms with Gasteiger partial charge in [-0.05, 0) is 36.8 Å². The summed E-state index contributed by atoms with van der Waals surface area (Å²) in [6.45, 7) is 1.98. The van der Waals surface area contributed by atoms with Gasteiger partial charge in [-0.15, -0.1) is 11.3 Å². The quantitative estimate of drug-likeness (QED) is 0.850. The molecule has 0 spiro atoms. The smallest absolute Gasteiger partial charge is 0.179 e. The predicted octanol–water partition coefficient (Wildman–Crippen LogP) is 4.45. The van der Waals surface area contributed by atoms with E-state index in [2.05, 4.69) is 4.98 Å². The van der Waals surface area contributed by atoms with Crippen LogP contribution in [0.15, 0.2) is 12.1 Å². The van der Waals surface area contributed by atoms with Gasteiger partial charge in [0.15, 0.2) is 15.5 Å². The SMILES string of the molecule is COc1cc(-c2sc(=S)[nH]c2C)cc(Cl)c1OC. The molecule has 6 heteroatoms. The van der Waals surface area contributed by atoms with Crippen LogP contribution in [-0.4, -0.2) is 19.2 Å². The van der Waals surface area contributed by atoms with Gasteiger partial charge in [0.2, 0.25) is 0 Å². The van der Waals surface area contributed by atoms with E-state index in [-0.39, 0.29) is 0 Å². The van der Waals surface area contributed by atoms with Gasteiger partial charge in [0.05, 0.1) is 24.1 Å². The molecule has 0 aliphatic carbocycles. The van der Waals surface area contributed by atoms with Gasteiger partial charge in [0.25, 0.3) is 0 Å². The summed E-state index contributed by atoms with van der Waals surface area (Å²) < 4.78 is 11.2. The Morgan fingerprint density at radius 3 is 2.50 bits per heavy atom. The Balaban J connectivity index is 2.63. The van der Waals surface area contributed by atoms with Gasteiger partial charge in [-0.25, -0.2) is 0 Å². The number of nitrogens with one attached hydrogen (secondary N) is 1. The number of methoxy groups -OCH3 is 2. The first-order chi connectivity index (χ1) is 8.56. The average Bonchev–Trinajstić information content (AvgIpc) is 2.67. The van der Waals surface area contributed by atoms with Crippen LogP contribution < -0.4 is 9.47 Å². The molecule has 0 bridgehead atoms. The molecule has 2 rings (SSSR count). The zero-order valence-electron chi connectivity index (χ0n) is 10.2. The maximum Gasteiger partial charge on any atom is 0.179 e. The van der Waals surface area contributed by atoms with E-state index in [0.29, 0.717) is 16.5 Å². The van der Waals surface area contributed by atoms with Crippen LogP contribution in [0.4, 0.5) is 0 Å². The molecule has 0 saturated carbocycles. The van der Waals surface area contributed by atoms with Gasteiger partial charge < -0.3 is 14.5 Å². The van der Waals surface area contributed by atoms with Crippen LogP contribution in [0.25, 0.3) is 10.4 Å². The van der Waals surface area contributed by atoms with Crippen molar-refractivity contribution in [3.05, 3.63) is 26.8 Å². The molecule has 0 radical (unpaired) electrons. The van der Waals surface area contributed by atoms with Crippen molar-refractivity contribution in [3.8, 4) is 21.9 Å². The van der Waals surface area contributed by atoms with Crippen LogP contribution in [0.2, 0.25) is 5.02 Å². The maximum absolute atomic E-state index is 6.19. The van der Waals surface area contributed by atoms with E-state index < -0.39 is 0 Å². The number of aromatic amines is 1. The van der Waals surface area contributed by atoms with E-state index >= 15 is 0 Å². The summed E-state index contributed by atoms with van der Waals surface area (Å²) in [5.41, 5.74) is 1.99. The number of benzene rings is 1. The molecule has 0 saturated heterocycles. The number of rotatable bonds is 3. The molecule has 0 amide bonds. The van der Waals surface area contributed by atoms with Crippen molar-refractivity contribution in [2.45, 2.75) is 6.92 Å². The first-order valence-corrected chi connectivity index (χ1v) is 6.78. The lowest BCUT2D eigenvalue weighted by atomic mass is 10.1. The topological polar surface area (TPSA) is 34.2 Å². The Bertz CT molecular complexity index is 633. The summed E-state index contributed by atoms with van der Waals surface area (Å²) in [4.78, 5) is 4.17. The van der Waals surface area contributed by atoms with Gasteiger partial charge in [0, 0.05) is 5.69 Å². The molecular weight excluding hydrogens is 290 g/mol.